The fourth-order valence-electron chi connectivity index (χ4n) is 3.72. The molecule has 1 N–H and O–H groups in total. The maximum Gasteiger partial charge on any atom is 0.242 e. The first-order valence-corrected chi connectivity index (χ1v) is 14.1. The Kier molecular flexibility index (Phi) is 10.5. The number of benzene rings is 2. The van der Waals surface area contributed by atoms with Crippen molar-refractivity contribution in [2.24, 2.45) is 0 Å². The van der Waals surface area contributed by atoms with E-state index in [-0.39, 0.29) is 49.6 Å². The highest BCUT2D eigenvalue weighted by Gasteiger charge is 2.27. The van der Waals surface area contributed by atoms with Gasteiger partial charge in [-0.05, 0) is 81.5 Å². The molecule has 7 nitrogen and oxygen atoms in total. The lowest BCUT2D eigenvalue weighted by atomic mass is 10.1. The number of carbonyl (C=O) groups is 2. The molecular formula is C27H38FN3O4S. The van der Waals surface area contributed by atoms with Crippen molar-refractivity contribution in [3.05, 3.63) is 65.0 Å². The Morgan fingerprint density at radius 3 is 2.22 bits per heavy atom. The van der Waals surface area contributed by atoms with E-state index in [0.29, 0.717) is 11.3 Å². The number of aryl methyl sites for hydroxylation is 2. The third-order valence-corrected chi connectivity index (χ3v) is 7.56. The monoisotopic (exact) mass is 519 g/mol. The molecule has 0 aliphatic rings. The Balaban J connectivity index is 2.18. The quantitative estimate of drug-likeness (QED) is 0.453. The van der Waals surface area contributed by atoms with Gasteiger partial charge in [-0.2, -0.15) is 0 Å². The van der Waals surface area contributed by atoms with Crippen molar-refractivity contribution in [3.63, 3.8) is 0 Å². The molecule has 0 bridgehead atoms. The van der Waals surface area contributed by atoms with Gasteiger partial charge in [0.15, 0.2) is 0 Å². The average Bonchev–Trinajstić information content (AvgIpc) is 2.81. The zero-order chi connectivity index (χ0) is 27.0. The van der Waals surface area contributed by atoms with Crippen molar-refractivity contribution in [1.29, 1.82) is 0 Å². The van der Waals surface area contributed by atoms with Crippen molar-refractivity contribution in [1.82, 2.24) is 10.2 Å². The Bertz CT molecular complexity index is 1150. The van der Waals surface area contributed by atoms with Gasteiger partial charge in [0.1, 0.15) is 11.9 Å². The van der Waals surface area contributed by atoms with Crippen molar-refractivity contribution in [3.8, 4) is 0 Å². The van der Waals surface area contributed by atoms with Gasteiger partial charge in [-0.15, -0.1) is 0 Å². The summed E-state index contributed by atoms with van der Waals surface area (Å²) in [5, 5.41) is 2.90. The van der Waals surface area contributed by atoms with E-state index in [0.717, 1.165) is 23.8 Å². The standard InChI is InChI=1S/C27H38FN3O4S/c1-7-21(4)29-27(33)22(5)30(18-23-11-13-24(28)14-12-23)26(32)9-8-16-31(36(6,34)35)25-15-10-19(2)20(3)17-25/h10-15,17,21-22H,7-9,16,18H2,1-6H3,(H,29,33)/t21-,22-/m1/s1. The number of rotatable bonds is 12. The fourth-order valence-corrected chi connectivity index (χ4v) is 4.68. The zero-order valence-corrected chi connectivity index (χ0v) is 22.9. The van der Waals surface area contributed by atoms with Crippen LogP contribution in [0.25, 0.3) is 0 Å². The molecule has 0 aromatic heterocycles. The highest BCUT2D eigenvalue weighted by atomic mass is 32.2. The number of hydrogen-bond donors (Lipinski definition) is 1. The summed E-state index contributed by atoms with van der Waals surface area (Å²) in [6.07, 6.45) is 2.23. The molecule has 0 spiro atoms. The second kappa shape index (κ2) is 12.9. The normalized spacial score (nSPS) is 13.1. The van der Waals surface area contributed by atoms with Crippen molar-refractivity contribution in [2.45, 2.75) is 72.5 Å². The Morgan fingerprint density at radius 1 is 1.03 bits per heavy atom. The first-order valence-electron chi connectivity index (χ1n) is 12.2. The molecule has 9 heteroatoms. The van der Waals surface area contributed by atoms with Gasteiger partial charge in [0.2, 0.25) is 21.8 Å². The van der Waals surface area contributed by atoms with Gasteiger partial charge in [-0.1, -0.05) is 25.1 Å². The lowest BCUT2D eigenvalue weighted by Crippen LogP contribution is -2.49. The summed E-state index contributed by atoms with van der Waals surface area (Å²) < 4.78 is 39.6. The predicted molar refractivity (Wildman–Crippen MR) is 142 cm³/mol. The van der Waals surface area contributed by atoms with Gasteiger partial charge >= 0.3 is 0 Å². The molecular weight excluding hydrogens is 481 g/mol. The van der Waals surface area contributed by atoms with Crippen LogP contribution in [0.2, 0.25) is 0 Å². The minimum Gasteiger partial charge on any atom is -0.352 e. The molecule has 2 aromatic rings. The highest BCUT2D eigenvalue weighted by Crippen LogP contribution is 2.22. The van der Waals surface area contributed by atoms with Crippen LogP contribution in [0.15, 0.2) is 42.5 Å². The molecule has 0 unspecified atom stereocenters. The molecule has 0 aliphatic carbocycles. The summed E-state index contributed by atoms with van der Waals surface area (Å²) in [5.41, 5.74) is 3.28. The van der Waals surface area contributed by atoms with E-state index < -0.39 is 16.1 Å². The maximum atomic E-state index is 13.4. The molecule has 2 rings (SSSR count). The van der Waals surface area contributed by atoms with Crippen LogP contribution in [0.4, 0.5) is 10.1 Å². The van der Waals surface area contributed by atoms with E-state index in [1.54, 1.807) is 25.1 Å². The largest absolute Gasteiger partial charge is 0.352 e. The summed E-state index contributed by atoms with van der Waals surface area (Å²) >= 11 is 0. The Morgan fingerprint density at radius 2 is 1.67 bits per heavy atom. The van der Waals surface area contributed by atoms with Gasteiger partial charge < -0.3 is 10.2 Å². The number of hydrogen-bond acceptors (Lipinski definition) is 4. The predicted octanol–water partition coefficient (Wildman–Crippen LogP) is 4.32. The van der Waals surface area contributed by atoms with Crippen LogP contribution in [0.3, 0.4) is 0 Å². The molecule has 0 aliphatic heterocycles. The number of nitrogens with zero attached hydrogens (tertiary/aromatic N) is 2. The average molecular weight is 520 g/mol. The van der Waals surface area contributed by atoms with Crippen molar-refractivity contribution in [2.75, 3.05) is 17.1 Å². The number of halogens is 1. The summed E-state index contributed by atoms with van der Waals surface area (Å²) in [4.78, 5) is 27.6. The molecule has 198 valence electrons. The number of carbonyl (C=O) groups excluding carboxylic acids is 2. The van der Waals surface area contributed by atoms with E-state index in [1.807, 2.05) is 39.8 Å². The Labute approximate surface area is 214 Å². The molecule has 0 saturated heterocycles. The highest BCUT2D eigenvalue weighted by molar-refractivity contribution is 7.92. The van der Waals surface area contributed by atoms with Crippen molar-refractivity contribution < 1.29 is 22.4 Å². The summed E-state index contributed by atoms with van der Waals surface area (Å²) in [6.45, 7) is 9.66. The van der Waals surface area contributed by atoms with Gasteiger partial charge in [0, 0.05) is 25.6 Å². The minimum atomic E-state index is -3.56. The van der Waals surface area contributed by atoms with Crippen LogP contribution in [0.1, 0.15) is 56.7 Å². The zero-order valence-electron chi connectivity index (χ0n) is 22.0. The minimum absolute atomic E-state index is 0.0380. The van der Waals surface area contributed by atoms with Crippen LogP contribution < -0.4 is 9.62 Å². The molecule has 36 heavy (non-hydrogen) atoms. The summed E-state index contributed by atoms with van der Waals surface area (Å²) in [6, 6.07) is 10.5. The number of anilines is 1. The van der Waals surface area contributed by atoms with E-state index in [4.69, 9.17) is 0 Å². The summed E-state index contributed by atoms with van der Waals surface area (Å²) in [7, 11) is -3.56. The van der Waals surface area contributed by atoms with Crippen molar-refractivity contribution >= 4 is 27.5 Å². The van der Waals surface area contributed by atoms with Crippen LogP contribution >= 0.6 is 0 Å². The van der Waals surface area contributed by atoms with Gasteiger partial charge in [0.05, 0.1) is 11.9 Å². The second-order valence-electron chi connectivity index (χ2n) is 9.35. The molecule has 0 heterocycles. The number of amides is 2. The first-order chi connectivity index (χ1) is 16.8. The second-order valence-corrected chi connectivity index (χ2v) is 11.3. The van der Waals surface area contributed by atoms with Gasteiger partial charge in [-0.25, -0.2) is 12.8 Å². The van der Waals surface area contributed by atoms with E-state index in [9.17, 15) is 22.4 Å². The fraction of sp³-hybridized carbons (Fsp3) is 0.481. The topological polar surface area (TPSA) is 86.8 Å². The third-order valence-electron chi connectivity index (χ3n) is 6.37. The molecule has 0 radical (unpaired) electrons. The molecule has 0 fully saturated rings. The molecule has 0 saturated carbocycles. The lowest BCUT2D eigenvalue weighted by Gasteiger charge is -2.30. The van der Waals surface area contributed by atoms with Crippen LogP contribution in [0, 0.1) is 19.7 Å². The van der Waals surface area contributed by atoms with Crippen LogP contribution in [-0.2, 0) is 26.2 Å². The first kappa shape index (κ1) is 29.3. The van der Waals surface area contributed by atoms with Gasteiger partial charge in [-0.3, -0.25) is 13.9 Å². The van der Waals surface area contributed by atoms with E-state index >= 15 is 0 Å². The van der Waals surface area contributed by atoms with Gasteiger partial charge in [0.25, 0.3) is 0 Å². The van der Waals surface area contributed by atoms with E-state index in [2.05, 4.69) is 5.32 Å². The Hall–Kier alpha value is -2.94. The van der Waals surface area contributed by atoms with Crippen LogP contribution in [0.5, 0.6) is 0 Å². The lowest BCUT2D eigenvalue weighted by molar-refractivity contribution is -0.140. The third kappa shape index (κ3) is 8.33. The smallest absolute Gasteiger partial charge is 0.242 e. The maximum absolute atomic E-state index is 13.4. The number of sulfonamides is 1. The SMILES string of the molecule is CC[C@@H](C)NC(=O)[C@@H](C)N(Cc1ccc(F)cc1)C(=O)CCCN(c1ccc(C)c(C)c1)S(C)(=O)=O. The van der Waals surface area contributed by atoms with Crippen LogP contribution in [-0.4, -0.2) is 50.0 Å². The molecule has 2 atom stereocenters. The molecule has 2 aromatic carbocycles. The summed E-state index contributed by atoms with van der Waals surface area (Å²) in [5.74, 6) is -0.932. The van der Waals surface area contributed by atoms with E-state index in [1.165, 1.54) is 21.3 Å². The number of nitrogens with one attached hydrogen (secondary N) is 1. The molecule has 2 amide bonds.